The maximum Gasteiger partial charge on any atom is 0.417 e. The number of thiazole rings is 1. The zero-order chi connectivity index (χ0) is 29.4. The van der Waals surface area contributed by atoms with E-state index in [4.69, 9.17) is 4.74 Å². The summed E-state index contributed by atoms with van der Waals surface area (Å²) in [7, 11) is 0. The number of carbonyl (C=O) groups is 2. The highest BCUT2D eigenvalue weighted by atomic mass is 32.1. The molecule has 0 bridgehead atoms. The van der Waals surface area contributed by atoms with E-state index in [9.17, 15) is 41.0 Å². The first-order chi connectivity index (χ1) is 18.7. The molecule has 40 heavy (non-hydrogen) atoms. The van der Waals surface area contributed by atoms with Crippen LogP contribution in [-0.2, 0) is 10.9 Å². The first kappa shape index (κ1) is 30.0. The number of aliphatic hydroxyl groups excluding tert-OH is 1. The molecule has 2 amide bonds. The van der Waals surface area contributed by atoms with Crippen molar-refractivity contribution < 1.29 is 45.8 Å². The molecule has 0 aliphatic carbocycles. The minimum atomic E-state index is -5.05. The van der Waals surface area contributed by atoms with Gasteiger partial charge in [-0.2, -0.15) is 26.3 Å². The third-order valence-corrected chi connectivity index (χ3v) is 7.87. The van der Waals surface area contributed by atoms with Crippen molar-refractivity contribution in [2.75, 3.05) is 25.1 Å². The molecule has 16 heteroatoms. The van der Waals surface area contributed by atoms with Crippen molar-refractivity contribution >= 4 is 29.0 Å². The molecule has 9 nitrogen and oxygen atoms in total. The fraction of sp³-hybridized carbons (Fsp3) is 0.583. The Kier molecular flexibility index (Phi) is 8.61. The highest BCUT2D eigenvalue weighted by molar-refractivity contribution is 7.17. The molecular formula is C24H27F6N5O4S. The van der Waals surface area contributed by atoms with Gasteiger partial charge in [0, 0.05) is 24.3 Å². The van der Waals surface area contributed by atoms with Crippen LogP contribution in [0.1, 0.15) is 59.0 Å². The Morgan fingerprint density at radius 1 is 1.25 bits per heavy atom. The molecule has 0 aromatic carbocycles. The molecule has 0 saturated carbocycles. The summed E-state index contributed by atoms with van der Waals surface area (Å²) in [6, 6.07) is -2.68. The van der Waals surface area contributed by atoms with Crippen molar-refractivity contribution in [2.45, 2.75) is 69.7 Å². The summed E-state index contributed by atoms with van der Waals surface area (Å²) in [5.41, 5.74) is -2.35. The van der Waals surface area contributed by atoms with Crippen LogP contribution < -0.4 is 10.6 Å². The molecule has 2 aliphatic rings. The van der Waals surface area contributed by atoms with Gasteiger partial charge in [-0.1, -0.05) is 6.92 Å². The van der Waals surface area contributed by atoms with Gasteiger partial charge in [-0.3, -0.25) is 9.59 Å². The zero-order valence-corrected chi connectivity index (χ0v) is 22.2. The fourth-order valence-corrected chi connectivity index (χ4v) is 5.55. The fourth-order valence-electron chi connectivity index (χ4n) is 4.57. The summed E-state index contributed by atoms with van der Waals surface area (Å²) in [6.45, 7) is 3.34. The molecule has 2 aromatic heterocycles. The van der Waals surface area contributed by atoms with E-state index in [1.54, 1.807) is 6.92 Å². The van der Waals surface area contributed by atoms with Crippen LogP contribution in [0, 0.1) is 0 Å². The van der Waals surface area contributed by atoms with E-state index in [1.165, 1.54) is 11.8 Å². The Bertz CT molecular complexity index is 1250. The summed E-state index contributed by atoms with van der Waals surface area (Å²) in [4.78, 5) is 35.4. The van der Waals surface area contributed by atoms with E-state index < -0.39 is 71.4 Å². The second-order valence-corrected chi connectivity index (χ2v) is 10.6. The summed E-state index contributed by atoms with van der Waals surface area (Å²) in [6.07, 6.45) is -9.15. The number of carbonyl (C=O) groups excluding carboxylic acids is 2. The molecule has 2 aromatic rings. The molecular weight excluding hydrogens is 568 g/mol. The van der Waals surface area contributed by atoms with Crippen LogP contribution in [-0.4, -0.2) is 82.0 Å². The van der Waals surface area contributed by atoms with Crippen molar-refractivity contribution in [2.24, 2.45) is 0 Å². The lowest BCUT2D eigenvalue weighted by Crippen LogP contribution is -2.42. The van der Waals surface area contributed by atoms with E-state index in [0.717, 1.165) is 6.20 Å². The van der Waals surface area contributed by atoms with Gasteiger partial charge < -0.3 is 25.4 Å². The summed E-state index contributed by atoms with van der Waals surface area (Å²) in [5.74, 6) is -2.16. The number of hydrogen-bond acceptors (Lipinski definition) is 8. The number of ether oxygens (including phenoxy) is 1. The van der Waals surface area contributed by atoms with Gasteiger partial charge >= 0.3 is 12.4 Å². The van der Waals surface area contributed by atoms with Gasteiger partial charge in [0.1, 0.15) is 17.6 Å². The maximum absolute atomic E-state index is 14.2. The normalized spacial score (nSPS) is 22.4. The third kappa shape index (κ3) is 6.33. The average Bonchev–Trinajstić information content (AvgIpc) is 3.61. The lowest BCUT2D eigenvalue weighted by Gasteiger charge is -2.22. The second-order valence-electron chi connectivity index (χ2n) is 9.63. The van der Waals surface area contributed by atoms with Crippen LogP contribution in [0.2, 0.25) is 0 Å². The summed E-state index contributed by atoms with van der Waals surface area (Å²) in [5, 5.41) is 14.1. The molecule has 0 radical (unpaired) electrons. The van der Waals surface area contributed by atoms with Gasteiger partial charge in [0.05, 0.1) is 35.8 Å². The van der Waals surface area contributed by atoms with Crippen molar-refractivity contribution in [3.63, 3.8) is 0 Å². The van der Waals surface area contributed by atoms with E-state index in [1.807, 2.05) is 5.32 Å². The number of hydrogen-bond donors (Lipinski definition) is 3. The minimum Gasteiger partial charge on any atom is -0.388 e. The number of alkyl halides is 6. The van der Waals surface area contributed by atoms with E-state index in [2.05, 4.69) is 15.3 Å². The molecule has 4 atom stereocenters. The van der Waals surface area contributed by atoms with Crippen molar-refractivity contribution in [1.29, 1.82) is 0 Å². The Balaban J connectivity index is 1.78. The first-order valence-electron chi connectivity index (χ1n) is 12.5. The Hall–Kier alpha value is -2.98. The van der Waals surface area contributed by atoms with Crippen LogP contribution in [0.4, 0.5) is 32.2 Å². The molecule has 0 spiro atoms. The Labute approximate surface area is 228 Å². The Morgan fingerprint density at radius 2 is 1.98 bits per heavy atom. The molecule has 3 N–H and O–H groups in total. The molecule has 2 saturated heterocycles. The van der Waals surface area contributed by atoms with Crippen LogP contribution in [0.5, 0.6) is 0 Å². The predicted octanol–water partition coefficient (Wildman–Crippen LogP) is 4.09. The van der Waals surface area contributed by atoms with Crippen molar-refractivity contribution in [3.05, 3.63) is 28.5 Å². The van der Waals surface area contributed by atoms with E-state index in [0.29, 0.717) is 36.8 Å². The lowest BCUT2D eigenvalue weighted by molar-refractivity contribution is -0.142. The monoisotopic (exact) mass is 595 g/mol. The van der Waals surface area contributed by atoms with Gasteiger partial charge in [-0.25, -0.2) is 9.97 Å². The number of halogens is 6. The number of pyridine rings is 1. The smallest absolute Gasteiger partial charge is 0.388 e. The van der Waals surface area contributed by atoms with Gasteiger partial charge in [0.25, 0.3) is 11.8 Å². The number of likely N-dealkylation sites (tertiary alicyclic amines) is 1. The van der Waals surface area contributed by atoms with Crippen LogP contribution >= 0.6 is 11.3 Å². The molecule has 4 rings (SSSR count). The molecule has 0 unspecified atom stereocenters. The summed E-state index contributed by atoms with van der Waals surface area (Å²) < 4.78 is 87.5. The van der Waals surface area contributed by atoms with Gasteiger partial charge in [-0.15, -0.1) is 11.3 Å². The average molecular weight is 596 g/mol. The van der Waals surface area contributed by atoms with Gasteiger partial charge in [0.15, 0.2) is 5.01 Å². The minimum absolute atomic E-state index is 0.00943. The van der Waals surface area contributed by atoms with Gasteiger partial charge in [0.2, 0.25) is 0 Å². The largest absolute Gasteiger partial charge is 0.417 e. The molecule has 2 fully saturated rings. The number of anilines is 1. The van der Waals surface area contributed by atoms with E-state index in [-0.39, 0.29) is 29.1 Å². The quantitative estimate of drug-likeness (QED) is 0.413. The number of nitrogens with one attached hydrogen (secondary N) is 2. The number of rotatable bonds is 7. The first-order valence-corrected chi connectivity index (χ1v) is 13.3. The Morgan fingerprint density at radius 3 is 2.52 bits per heavy atom. The van der Waals surface area contributed by atoms with E-state index >= 15 is 0 Å². The third-order valence-electron chi connectivity index (χ3n) is 6.78. The van der Waals surface area contributed by atoms with Crippen LogP contribution in [0.3, 0.4) is 0 Å². The van der Waals surface area contributed by atoms with Crippen LogP contribution in [0.15, 0.2) is 12.3 Å². The number of aliphatic hydroxyl groups is 1. The predicted molar refractivity (Wildman–Crippen MR) is 132 cm³/mol. The highest BCUT2D eigenvalue weighted by Crippen LogP contribution is 2.42. The maximum atomic E-state index is 14.2. The molecule has 2 aliphatic heterocycles. The van der Waals surface area contributed by atoms with Crippen molar-refractivity contribution in [1.82, 2.24) is 20.2 Å². The van der Waals surface area contributed by atoms with Crippen LogP contribution in [0.25, 0.3) is 10.4 Å². The SMILES string of the molecule is CC[C@H](Nc1cc(C(F)(F)F)c(-c2sc(C(=O)N[C@H]3COC[C@@H]3O)nc2C(=O)N2CCC[C@@H]2C)cn1)C(F)(F)F. The van der Waals surface area contributed by atoms with Gasteiger partial charge in [-0.05, 0) is 32.3 Å². The lowest BCUT2D eigenvalue weighted by atomic mass is 10.1. The topological polar surface area (TPSA) is 117 Å². The summed E-state index contributed by atoms with van der Waals surface area (Å²) >= 11 is 0.519. The number of aromatic nitrogens is 2. The zero-order valence-electron chi connectivity index (χ0n) is 21.4. The number of amides is 2. The van der Waals surface area contributed by atoms with Crippen molar-refractivity contribution in [3.8, 4) is 10.4 Å². The standard InChI is InChI=1S/C24H27F6N5O4S/c1-3-16(24(28,29)30)33-17-7-13(23(25,26)27)12(8-31-17)19-18(22(38)35-6-4-5-11(35)2)34-21(40-19)20(37)32-14-9-39-10-15(14)36/h7-8,11,14-16,36H,3-6,9-10H2,1-2H3,(H,31,33)(H,32,37)/t11-,14-,15-,16-/m0/s1. The molecule has 4 heterocycles. The second kappa shape index (κ2) is 11.5. The molecule has 220 valence electrons. The number of nitrogens with zero attached hydrogens (tertiary/aromatic N) is 3. The highest BCUT2D eigenvalue weighted by Gasteiger charge is 2.41.